The van der Waals surface area contributed by atoms with Crippen molar-refractivity contribution < 1.29 is 0 Å². The van der Waals surface area contributed by atoms with Gasteiger partial charge < -0.3 is 5.73 Å². The van der Waals surface area contributed by atoms with Gasteiger partial charge in [-0.15, -0.1) is 6.58 Å². The van der Waals surface area contributed by atoms with Crippen LogP contribution in [0.25, 0.3) is 0 Å². The highest BCUT2D eigenvalue weighted by atomic mass is 14.5. The van der Waals surface area contributed by atoms with E-state index < -0.39 is 0 Å². The zero-order valence-corrected chi connectivity index (χ0v) is 16.9. The van der Waals surface area contributed by atoms with E-state index in [1.54, 1.807) is 0 Å². The molecule has 0 unspecified atom stereocenters. The van der Waals surface area contributed by atoms with Crippen molar-refractivity contribution >= 4 is 0 Å². The second-order valence-electron chi connectivity index (χ2n) is 7.02. The SMILES string of the molecule is C=CC/C=C1\C(=C/CN)C(/C=C\C)=C(C)C1(c1ccccc1)c1ccccc1. The maximum Gasteiger partial charge on any atom is 0.0670 e. The summed E-state index contributed by atoms with van der Waals surface area (Å²) in [6.07, 6.45) is 11.6. The molecule has 0 aromatic heterocycles. The normalized spacial score (nSPS) is 19.1. The van der Waals surface area contributed by atoms with E-state index in [-0.39, 0.29) is 5.41 Å². The molecule has 0 saturated carbocycles. The standard InChI is InChI=1S/C27H29N/c1-4-6-18-26-25(19-20-28)24(13-5-2)21(3)27(26,22-14-9-7-10-15-22)23-16-11-8-12-17-23/h4-5,7-19H,1,6,20,28H2,2-3H3/b13-5-,25-19-,26-18+. The zero-order valence-electron chi connectivity index (χ0n) is 16.9. The Morgan fingerprint density at radius 1 is 0.929 bits per heavy atom. The van der Waals surface area contributed by atoms with Gasteiger partial charge in [0.05, 0.1) is 5.41 Å². The number of rotatable bonds is 6. The van der Waals surface area contributed by atoms with Crippen molar-refractivity contribution in [3.05, 3.63) is 131 Å². The summed E-state index contributed by atoms with van der Waals surface area (Å²) in [5.41, 5.74) is 13.3. The van der Waals surface area contributed by atoms with Gasteiger partial charge in [0.2, 0.25) is 0 Å². The van der Waals surface area contributed by atoms with E-state index in [1.807, 2.05) is 6.08 Å². The Labute approximate surface area is 169 Å². The van der Waals surface area contributed by atoms with Crippen molar-refractivity contribution in [2.45, 2.75) is 25.7 Å². The molecule has 142 valence electrons. The number of hydrogen-bond donors (Lipinski definition) is 1. The van der Waals surface area contributed by atoms with Crippen LogP contribution in [0.15, 0.2) is 120 Å². The van der Waals surface area contributed by atoms with Crippen LogP contribution in [0.3, 0.4) is 0 Å². The third kappa shape index (κ3) is 3.23. The molecule has 1 aliphatic rings. The predicted molar refractivity (Wildman–Crippen MR) is 121 cm³/mol. The van der Waals surface area contributed by atoms with Gasteiger partial charge in [-0.25, -0.2) is 0 Å². The lowest BCUT2D eigenvalue weighted by Crippen LogP contribution is -2.29. The molecular weight excluding hydrogens is 338 g/mol. The Bertz CT molecular complexity index is 901. The molecule has 0 fully saturated rings. The molecule has 0 spiro atoms. The highest BCUT2D eigenvalue weighted by Crippen LogP contribution is 2.56. The van der Waals surface area contributed by atoms with Crippen LogP contribution in [0.2, 0.25) is 0 Å². The van der Waals surface area contributed by atoms with Crippen molar-refractivity contribution in [3.8, 4) is 0 Å². The molecule has 2 aromatic rings. The van der Waals surface area contributed by atoms with Gasteiger partial charge in [0, 0.05) is 6.54 Å². The molecule has 0 amide bonds. The fraction of sp³-hybridized carbons (Fsp3) is 0.185. The minimum atomic E-state index is -0.332. The van der Waals surface area contributed by atoms with Gasteiger partial charge in [-0.2, -0.15) is 0 Å². The Hall–Kier alpha value is -2.90. The van der Waals surface area contributed by atoms with Gasteiger partial charge in [0.1, 0.15) is 0 Å². The first-order valence-corrected chi connectivity index (χ1v) is 9.89. The van der Waals surface area contributed by atoms with Crippen molar-refractivity contribution in [1.82, 2.24) is 0 Å². The van der Waals surface area contributed by atoms with Crippen LogP contribution in [0.4, 0.5) is 0 Å². The first-order valence-electron chi connectivity index (χ1n) is 9.89. The highest BCUT2D eigenvalue weighted by molar-refractivity contribution is 5.75. The molecule has 3 rings (SSSR count). The maximum absolute atomic E-state index is 6.00. The molecule has 1 aliphatic carbocycles. The Balaban J connectivity index is 2.47. The number of benzene rings is 2. The van der Waals surface area contributed by atoms with Gasteiger partial charge in [-0.1, -0.05) is 91.0 Å². The summed E-state index contributed by atoms with van der Waals surface area (Å²) in [5.74, 6) is 0. The summed E-state index contributed by atoms with van der Waals surface area (Å²) in [6, 6.07) is 21.6. The van der Waals surface area contributed by atoms with E-state index in [9.17, 15) is 0 Å². The minimum Gasteiger partial charge on any atom is -0.327 e. The maximum atomic E-state index is 6.00. The molecule has 0 heterocycles. The number of allylic oxidation sites excluding steroid dienone is 8. The van der Waals surface area contributed by atoms with Crippen LogP contribution in [-0.2, 0) is 5.41 Å². The fourth-order valence-corrected chi connectivity index (χ4v) is 4.42. The summed E-state index contributed by atoms with van der Waals surface area (Å²) in [6.45, 7) is 8.78. The van der Waals surface area contributed by atoms with Gasteiger partial charge in [0.15, 0.2) is 0 Å². The molecule has 1 heteroatoms. The van der Waals surface area contributed by atoms with E-state index >= 15 is 0 Å². The van der Waals surface area contributed by atoms with Gasteiger partial charge >= 0.3 is 0 Å². The lowest BCUT2D eigenvalue weighted by molar-refractivity contribution is 0.736. The summed E-state index contributed by atoms with van der Waals surface area (Å²) >= 11 is 0. The van der Waals surface area contributed by atoms with E-state index in [4.69, 9.17) is 5.73 Å². The molecule has 0 saturated heterocycles. The Morgan fingerprint density at radius 2 is 1.50 bits per heavy atom. The smallest absolute Gasteiger partial charge is 0.0670 e. The third-order valence-electron chi connectivity index (χ3n) is 5.51. The van der Waals surface area contributed by atoms with Crippen LogP contribution in [-0.4, -0.2) is 6.54 Å². The van der Waals surface area contributed by atoms with E-state index in [1.165, 1.54) is 33.4 Å². The summed E-state index contributed by atoms with van der Waals surface area (Å²) in [4.78, 5) is 0. The lowest BCUT2D eigenvalue weighted by Gasteiger charge is -2.35. The van der Waals surface area contributed by atoms with Crippen LogP contribution in [0.5, 0.6) is 0 Å². The molecule has 1 nitrogen and oxygen atoms in total. The quantitative estimate of drug-likeness (QED) is 0.599. The molecule has 28 heavy (non-hydrogen) atoms. The van der Waals surface area contributed by atoms with Crippen LogP contribution < -0.4 is 5.73 Å². The van der Waals surface area contributed by atoms with Gasteiger partial charge in [-0.05, 0) is 53.7 Å². The highest BCUT2D eigenvalue weighted by Gasteiger charge is 2.46. The first-order chi connectivity index (χ1) is 13.7. The third-order valence-corrected chi connectivity index (χ3v) is 5.51. The average molecular weight is 368 g/mol. The van der Waals surface area contributed by atoms with Crippen LogP contribution in [0.1, 0.15) is 31.4 Å². The Kier molecular flexibility index (Phi) is 6.28. The van der Waals surface area contributed by atoms with E-state index in [0.717, 1.165) is 6.42 Å². The second kappa shape index (κ2) is 8.86. The Morgan fingerprint density at radius 3 is 1.96 bits per heavy atom. The monoisotopic (exact) mass is 367 g/mol. The minimum absolute atomic E-state index is 0.332. The van der Waals surface area contributed by atoms with Gasteiger partial charge in [-0.3, -0.25) is 0 Å². The zero-order chi connectivity index (χ0) is 20.0. The predicted octanol–water partition coefficient (Wildman–Crippen LogP) is 6.27. The van der Waals surface area contributed by atoms with Crippen molar-refractivity contribution in [2.24, 2.45) is 5.73 Å². The molecule has 0 bridgehead atoms. The number of nitrogens with two attached hydrogens (primary N) is 1. The molecule has 2 N–H and O–H groups in total. The fourth-order valence-electron chi connectivity index (χ4n) is 4.42. The largest absolute Gasteiger partial charge is 0.327 e. The summed E-state index contributed by atoms with van der Waals surface area (Å²) in [7, 11) is 0. The lowest BCUT2D eigenvalue weighted by atomic mass is 9.66. The van der Waals surface area contributed by atoms with Crippen LogP contribution in [0, 0.1) is 0 Å². The molecule has 0 radical (unpaired) electrons. The van der Waals surface area contributed by atoms with E-state index in [2.05, 4.69) is 105 Å². The average Bonchev–Trinajstić information content (AvgIpc) is 2.97. The van der Waals surface area contributed by atoms with Crippen molar-refractivity contribution in [3.63, 3.8) is 0 Å². The topological polar surface area (TPSA) is 26.0 Å². The second-order valence-corrected chi connectivity index (χ2v) is 7.02. The molecular formula is C27H29N. The molecule has 0 atom stereocenters. The molecule has 0 aliphatic heterocycles. The number of hydrogen-bond acceptors (Lipinski definition) is 1. The van der Waals surface area contributed by atoms with Gasteiger partial charge in [0.25, 0.3) is 0 Å². The van der Waals surface area contributed by atoms with E-state index in [0.29, 0.717) is 6.54 Å². The van der Waals surface area contributed by atoms with Crippen LogP contribution >= 0.6 is 0 Å². The first kappa shape index (κ1) is 19.9. The summed E-state index contributed by atoms with van der Waals surface area (Å²) < 4.78 is 0. The molecule has 2 aromatic carbocycles. The summed E-state index contributed by atoms with van der Waals surface area (Å²) in [5, 5.41) is 0. The van der Waals surface area contributed by atoms with Crippen molar-refractivity contribution in [1.29, 1.82) is 0 Å². The van der Waals surface area contributed by atoms with Crippen molar-refractivity contribution in [2.75, 3.05) is 6.54 Å².